The molecule has 0 unspecified atom stereocenters. The minimum atomic E-state index is -4.01. The molecule has 3 aromatic rings. The van der Waals surface area contributed by atoms with Crippen LogP contribution in [-0.4, -0.2) is 37.1 Å². The number of carbonyl (C=O) groups excluding carboxylic acids is 1. The molecule has 0 bridgehead atoms. The Morgan fingerprint density at radius 3 is 2.24 bits per heavy atom. The molecule has 174 valence electrons. The predicted molar refractivity (Wildman–Crippen MR) is 128 cm³/mol. The van der Waals surface area contributed by atoms with E-state index in [2.05, 4.69) is 0 Å². The molecule has 33 heavy (non-hydrogen) atoms. The first-order valence-corrected chi connectivity index (χ1v) is 12.3. The molecular weight excluding hydrogens is 486 g/mol. The Morgan fingerprint density at radius 1 is 0.939 bits per heavy atom. The van der Waals surface area contributed by atoms with Gasteiger partial charge in [0.25, 0.3) is 0 Å². The molecule has 1 amide bonds. The number of benzene rings is 3. The van der Waals surface area contributed by atoms with E-state index in [1.54, 1.807) is 48.5 Å². The summed E-state index contributed by atoms with van der Waals surface area (Å²) in [6.45, 7) is 1.34. The summed E-state index contributed by atoms with van der Waals surface area (Å²) in [5, 5.41) is 0.624. The summed E-state index contributed by atoms with van der Waals surface area (Å²) in [5.74, 6) is -0.911. The van der Waals surface area contributed by atoms with E-state index in [-0.39, 0.29) is 23.0 Å². The SMILES string of the molecule is Cc1ccc(S(=O)(=O)N(CC(=O)N(C)Cc2ccccc2F)Cc2ccc(Cl)c(Cl)c2)cc1. The maximum absolute atomic E-state index is 14.0. The van der Waals surface area contributed by atoms with Crippen molar-refractivity contribution in [2.75, 3.05) is 13.6 Å². The van der Waals surface area contributed by atoms with Gasteiger partial charge in [-0.05, 0) is 42.8 Å². The summed E-state index contributed by atoms with van der Waals surface area (Å²) >= 11 is 12.1. The topological polar surface area (TPSA) is 57.7 Å². The molecule has 0 atom stereocenters. The number of hydrogen-bond acceptors (Lipinski definition) is 3. The Morgan fingerprint density at radius 2 is 1.61 bits per heavy atom. The summed E-state index contributed by atoms with van der Waals surface area (Å²) < 4.78 is 41.9. The number of likely N-dealkylation sites (N-methyl/N-ethyl adjacent to an activating group) is 1. The molecule has 0 aliphatic carbocycles. The van der Waals surface area contributed by atoms with Crippen LogP contribution < -0.4 is 0 Å². The van der Waals surface area contributed by atoms with Gasteiger partial charge >= 0.3 is 0 Å². The van der Waals surface area contributed by atoms with Gasteiger partial charge in [-0.25, -0.2) is 12.8 Å². The highest BCUT2D eigenvalue weighted by Gasteiger charge is 2.28. The molecule has 0 aliphatic rings. The molecule has 0 spiro atoms. The molecule has 3 rings (SSSR count). The summed E-state index contributed by atoms with van der Waals surface area (Å²) in [4.78, 5) is 14.3. The number of amides is 1. The number of sulfonamides is 1. The Bertz CT molecular complexity index is 1250. The van der Waals surface area contributed by atoms with Crippen molar-refractivity contribution < 1.29 is 17.6 Å². The smallest absolute Gasteiger partial charge is 0.243 e. The van der Waals surface area contributed by atoms with Crippen LogP contribution in [0.25, 0.3) is 0 Å². The summed E-state index contributed by atoms with van der Waals surface area (Å²) in [6.07, 6.45) is 0. The molecule has 0 aromatic heterocycles. The molecular formula is C24H23Cl2FN2O3S. The predicted octanol–water partition coefficient (Wildman–Crippen LogP) is 5.29. The van der Waals surface area contributed by atoms with E-state index in [0.29, 0.717) is 16.1 Å². The van der Waals surface area contributed by atoms with Crippen LogP contribution in [0.4, 0.5) is 4.39 Å². The zero-order chi connectivity index (χ0) is 24.2. The third-order valence-electron chi connectivity index (χ3n) is 5.10. The first-order chi connectivity index (χ1) is 15.6. The van der Waals surface area contributed by atoms with Gasteiger partial charge in [-0.3, -0.25) is 4.79 Å². The van der Waals surface area contributed by atoms with E-state index < -0.39 is 28.3 Å². The number of halogens is 3. The normalized spacial score (nSPS) is 11.6. The van der Waals surface area contributed by atoms with Crippen LogP contribution >= 0.6 is 23.2 Å². The van der Waals surface area contributed by atoms with Gasteiger partial charge in [-0.1, -0.05) is 65.2 Å². The quantitative estimate of drug-likeness (QED) is 0.415. The largest absolute Gasteiger partial charge is 0.340 e. The zero-order valence-electron chi connectivity index (χ0n) is 18.1. The fourth-order valence-electron chi connectivity index (χ4n) is 3.17. The molecule has 0 fully saturated rings. The van der Waals surface area contributed by atoms with Crippen molar-refractivity contribution in [1.29, 1.82) is 0 Å². The number of carbonyl (C=O) groups is 1. The first-order valence-electron chi connectivity index (χ1n) is 10.1. The molecule has 0 aliphatic heterocycles. The Labute approximate surface area is 203 Å². The van der Waals surface area contributed by atoms with Crippen molar-refractivity contribution in [1.82, 2.24) is 9.21 Å². The van der Waals surface area contributed by atoms with E-state index >= 15 is 0 Å². The average Bonchev–Trinajstić information content (AvgIpc) is 2.77. The van der Waals surface area contributed by atoms with Crippen LogP contribution in [0, 0.1) is 12.7 Å². The highest BCUT2D eigenvalue weighted by Crippen LogP contribution is 2.25. The molecule has 9 heteroatoms. The van der Waals surface area contributed by atoms with Gasteiger partial charge in [0.1, 0.15) is 5.82 Å². The minimum absolute atomic E-state index is 0.0106. The van der Waals surface area contributed by atoms with Crippen molar-refractivity contribution in [3.05, 3.63) is 99.3 Å². The Balaban J connectivity index is 1.88. The van der Waals surface area contributed by atoms with Gasteiger partial charge in [0.15, 0.2) is 0 Å². The number of rotatable bonds is 8. The standard InChI is InChI=1S/C24H23Cl2FN2O3S/c1-17-7-10-20(11-8-17)33(31,32)29(14-18-9-12-21(25)22(26)13-18)16-24(30)28(2)15-19-5-3-4-6-23(19)27/h3-13H,14-16H2,1-2H3. The summed E-state index contributed by atoms with van der Waals surface area (Å²) in [7, 11) is -2.51. The van der Waals surface area contributed by atoms with Crippen LogP contribution in [0.3, 0.4) is 0 Å². The zero-order valence-corrected chi connectivity index (χ0v) is 20.5. The summed E-state index contributed by atoms with van der Waals surface area (Å²) in [5.41, 5.74) is 1.82. The molecule has 0 radical (unpaired) electrons. The van der Waals surface area contributed by atoms with E-state index in [0.717, 1.165) is 9.87 Å². The maximum atomic E-state index is 14.0. The lowest BCUT2D eigenvalue weighted by atomic mass is 10.2. The van der Waals surface area contributed by atoms with Crippen LogP contribution in [0.15, 0.2) is 71.6 Å². The highest BCUT2D eigenvalue weighted by atomic mass is 35.5. The molecule has 3 aromatic carbocycles. The van der Waals surface area contributed by atoms with Crippen LogP contribution in [0.5, 0.6) is 0 Å². The van der Waals surface area contributed by atoms with Crippen molar-refractivity contribution >= 4 is 39.1 Å². The number of aryl methyl sites for hydroxylation is 1. The number of hydrogen-bond donors (Lipinski definition) is 0. The second kappa shape index (κ2) is 10.7. The summed E-state index contributed by atoms with van der Waals surface area (Å²) in [6, 6.07) is 17.3. The molecule has 0 saturated carbocycles. The molecule has 5 nitrogen and oxygen atoms in total. The minimum Gasteiger partial charge on any atom is -0.340 e. The van der Waals surface area contributed by atoms with Gasteiger partial charge < -0.3 is 4.90 Å². The first kappa shape index (κ1) is 25.2. The lowest BCUT2D eigenvalue weighted by Crippen LogP contribution is -2.41. The van der Waals surface area contributed by atoms with E-state index in [1.807, 2.05) is 6.92 Å². The van der Waals surface area contributed by atoms with Crippen molar-refractivity contribution in [2.24, 2.45) is 0 Å². The molecule has 0 saturated heterocycles. The number of nitrogens with zero attached hydrogens (tertiary/aromatic N) is 2. The third kappa shape index (κ3) is 6.32. The van der Waals surface area contributed by atoms with Gasteiger partial charge in [0.2, 0.25) is 15.9 Å². The van der Waals surface area contributed by atoms with Crippen LogP contribution in [0.2, 0.25) is 10.0 Å². The van der Waals surface area contributed by atoms with E-state index in [1.165, 1.54) is 30.1 Å². The van der Waals surface area contributed by atoms with Gasteiger partial charge in [-0.15, -0.1) is 0 Å². The van der Waals surface area contributed by atoms with Crippen LogP contribution in [0.1, 0.15) is 16.7 Å². The Hall–Kier alpha value is -2.45. The van der Waals surface area contributed by atoms with E-state index in [9.17, 15) is 17.6 Å². The monoisotopic (exact) mass is 508 g/mol. The fraction of sp³-hybridized carbons (Fsp3) is 0.208. The maximum Gasteiger partial charge on any atom is 0.243 e. The Kier molecular flexibility index (Phi) is 8.13. The van der Waals surface area contributed by atoms with Gasteiger partial charge in [-0.2, -0.15) is 4.31 Å². The lowest BCUT2D eigenvalue weighted by Gasteiger charge is -2.25. The molecule has 0 N–H and O–H groups in total. The van der Waals surface area contributed by atoms with Crippen molar-refractivity contribution in [2.45, 2.75) is 24.9 Å². The van der Waals surface area contributed by atoms with Gasteiger partial charge in [0.05, 0.1) is 21.5 Å². The van der Waals surface area contributed by atoms with Crippen LogP contribution in [-0.2, 0) is 27.9 Å². The molecule has 0 heterocycles. The second-order valence-corrected chi connectivity index (χ2v) is 10.4. The van der Waals surface area contributed by atoms with Crippen molar-refractivity contribution in [3.8, 4) is 0 Å². The van der Waals surface area contributed by atoms with Gasteiger partial charge in [0, 0.05) is 25.7 Å². The highest BCUT2D eigenvalue weighted by molar-refractivity contribution is 7.89. The third-order valence-corrected chi connectivity index (χ3v) is 7.65. The average molecular weight is 509 g/mol. The lowest BCUT2D eigenvalue weighted by molar-refractivity contribution is -0.130. The fourth-order valence-corrected chi connectivity index (χ4v) is 4.87. The second-order valence-electron chi connectivity index (χ2n) is 7.68. The van der Waals surface area contributed by atoms with Crippen molar-refractivity contribution in [3.63, 3.8) is 0 Å². The van der Waals surface area contributed by atoms with E-state index in [4.69, 9.17) is 23.2 Å².